The molecule has 0 aliphatic rings. The van der Waals surface area contributed by atoms with Gasteiger partial charge in [0.1, 0.15) is 0 Å². The Hall–Kier alpha value is -0.920. The molecule has 0 unspecified atom stereocenters. The van der Waals surface area contributed by atoms with Gasteiger partial charge < -0.3 is 9.50 Å². The van der Waals surface area contributed by atoms with Crippen molar-refractivity contribution in [3.63, 3.8) is 0 Å². The molecule has 0 aliphatic carbocycles. The van der Waals surface area contributed by atoms with Crippen LogP contribution in [-0.2, 0) is 14.3 Å². The highest BCUT2D eigenvalue weighted by Crippen LogP contribution is 2.25. The van der Waals surface area contributed by atoms with Gasteiger partial charge in [0, 0.05) is 7.05 Å². The molecule has 0 heterocycles. The molecule has 8 heteroatoms. The molecular weight excluding hydrogens is 199 g/mol. The summed E-state index contributed by atoms with van der Waals surface area (Å²) < 4.78 is 58.5. The molecule has 1 N–H and O–H groups in total. The number of hydrogen-bond acceptors (Lipinski definition) is 4. The lowest BCUT2D eigenvalue weighted by atomic mass is 10.9. The summed E-state index contributed by atoms with van der Waals surface area (Å²) >= 11 is 0. The van der Waals surface area contributed by atoms with Crippen molar-refractivity contribution in [3.8, 4) is 0 Å². The highest BCUT2D eigenvalue weighted by atomic mass is 32.2. The third kappa shape index (κ3) is 2.61. The Bertz CT molecular complexity index is 268. The van der Waals surface area contributed by atoms with Crippen LogP contribution in [0.4, 0.5) is 13.2 Å². The Morgan fingerprint density at radius 1 is 1.50 bits per heavy atom. The molecular formula is C4H6F3NO3S. The van der Waals surface area contributed by atoms with Crippen LogP contribution in [0.3, 0.4) is 0 Å². The smallest absolute Gasteiger partial charge is 0.359 e. The van der Waals surface area contributed by atoms with Crippen LogP contribution in [0.15, 0.2) is 12.5 Å². The normalized spacial score (nSPS) is 12.3. The summed E-state index contributed by atoms with van der Waals surface area (Å²) in [6, 6.07) is 0. The summed E-state index contributed by atoms with van der Waals surface area (Å²) in [6.07, 6.45) is 0. The Morgan fingerprint density at radius 3 is 2.17 bits per heavy atom. The highest BCUT2D eigenvalue weighted by Gasteiger charge is 2.48. The predicted molar refractivity (Wildman–Crippen MR) is 34.3 cm³/mol. The molecule has 0 saturated heterocycles. The molecule has 0 spiro atoms. The average molecular weight is 205 g/mol. The Balaban J connectivity index is 4.58. The summed E-state index contributed by atoms with van der Waals surface area (Å²) in [5.74, 6) is -0.688. The van der Waals surface area contributed by atoms with E-state index in [1.165, 1.54) is 7.05 Å². The average Bonchev–Trinajstić information content (AvgIpc) is 1.84. The molecule has 0 saturated carbocycles. The second kappa shape index (κ2) is 3.21. The molecule has 0 aliphatic heterocycles. The standard InChI is InChI=1S/C4H6F3NO3S/c1-3(8-2)11-12(9,10)4(5,6)7/h8H,1H2,2H3. The lowest BCUT2D eigenvalue weighted by Crippen LogP contribution is -2.27. The lowest BCUT2D eigenvalue weighted by molar-refractivity contribution is -0.0524. The SMILES string of the molecule is C=C(NC)OS(=O)(=O)C(F)(F)F. The quantitative estimate of drug-likeness (QED) is 0.415. The Morgan fingerprint density at radius 2 is 1.92 bits per heavy atom. The van der Waals surface area contributed by atoms with E-state index in [1.807, 2.05) is 5.32 Å². The van der Waals surface area contributed by atoms with E-state index in [0.717, 1.165) is 0 Å². The highest BCUT2D eigenvalue weighted by molar-refractivity contribution is 7.87. The van der Waals surface area contributed by atoms with Crippen molar-refractivity contribution in [2.45, 2.75) is 5.51 Å². The number of alkyl halides is 3. The van der Waals surface area contributed by atoms with Gasteiger partial charge in [0.15, 0.2) is 5.88 Å². The molecule has 0 atom stereocenters. The maximum atomic E-state index is 11.5. The van der Waals surface area contributed by atoms with Crippen LogP contribution in [-0.4, -0.2) is 21.0 Å². The van der Waals surface area contributed by atoms with Gasteiger partial charge in [-0.05, 0) is 6.58 Å². The summed E-state index contributed by atoms with van der Waals surface area (Å²) in [4.78, 5) is 0. The Kier molecular flexibility index (Phi) is 2.97. The van der Waals surface area contributed by atoms with Gasteiger partial charge >= 0.3 is 15.6 Å². The molecule has 0 radical (unpaired) electrons. The van der Waals surface area contributed by atoms with E-state index >= 15 is 0 Å². The maximum absolute atomic E-state index is 11.5. The molecule has 0 aromatic rings. The monoisotopic (exact) mass is 205 g/mol. The second-order valence-electron chi connectivity index (χ2n) is 1.66. The molecule has 0 amide bonds. The van der Waals surface area contributed by atoms with Crippen LogP contribution >= 0.6 is 0 Å². The number of halogens is 3. The van der Waals surface area contributed by atoms with E-state index < -0.39 is 21.5 Å². The second-order valence-corrected chi connectivity index (χ2v) is 3.19. The van der Waals surface area contributed by atoms with Crippen molar-refractivity contribution in [1.82, 2.24) is 5.32 Å². The van der Waals surface area contributed by atoms with Gasteiger partial charge in [-0.15, -0.1) is 0 Å². The molecule has 12 heavy (non-hydrogen) atoms. The molecule has 0 aromatic carbocycles. The molecule has 0 fully saturated rings. The van der Waals surface area contributed by atoms with Crippen LogP contribution in [0.25, 0.3) is 0 Å². The zero-order chi connectivity index (χ0) is 9.99. The van der Waals surface area contributed by atoms with Gasteiger partial charge in [-0.3, -0.25) is 0 Å². The topological polar surface area (TPSA) is 55.4 Å². The summed E-state index contributed by atoms with van der Waals surface area (Å²) in [5, 5.41) is 2.00. The van der Waals surface area contributed by atoms with Gasteiger partial charge in [0.05, 0.1) is 0 Å². The zero-order valence-corrected chi connectivity index (χ0v) is 6.79. The van der Waals surface area contributed by atoms with Crippen LogP contribution in [0.2, 0.25) is 0 Å². The summed E-state index contributed by atoms with van der Waals surface area (Å²) in [7, 11) is -4.40. The van der Waals surface area contributed by atoms with Crippen molar-refractivity contribution < 1.29 is 25.8 Å². The van der Waals surface area contributed by atoms with Gasteiger partial charge in [-0.2, -0.15) is 21.6 Å². The number of hydrogen-bond donors (Lipinski definition) is 1. The number of nitrogens with one attached hydrogen (secondary N) is 1. The van der Waals surface area contributed by atoms with Crippen molar-refractivity contribution in [2.24, 2.45) is 0 Å². The van der Waals surface area contributed by atoms with Gasteiger partial charge in [-0.25, -0.2) is 0 Å². The van der Waals surface area contributed by atoms with Gasteiger partial charge in [-0.1, -0.05) is 0 Å². The molecule has 4 nitrogen and oxygen atoms in total. The zero-order valence-electron chi connectivity index (χ0n) is 5.97. The van der Waals surface area contributed by atoms with Crippen LogP contribution in [0.5, 0.6) is 0 Å². The minimum Gasteiger partial charge on any atom is -0.359 e. The van der Waals surface area contributed by atoms with Crippen LogP contribution < -0.4 is 5.32 Å². The minimum absolute atomic E-state index is 0.688. The minimum atomic E-state index is -5.57. The van der Waals surface area contributed by atoms with E-state index in [1.54, 1.807) is 0 Å². The molecule has 0 rings (SSSR count). The van der Waals surface area contributed by atoms with E-state index in [9.17, 15) is 21.6 Å². The first kappa shape index (κ1) is 11.1. The van der Waals surface area contributed by atoms with Crippen molar-refractivity contribution >= 4 is 10.1 Å². The third-order valence-electron chi connectivity index (χ3n) is 0.773. The Labute approximate surface area is 67.1 Å². The first-order valence-corrected chi connectivity index (χ1v) is 3.99. The van der Waals surface area contributed by atoms with Crippen LogP contribution in [0, 0.1) is 0 Å². The van der Waals surface area contributed by atoms with E-state index in [4.69, 9.17) is 0 Å². The van der Waals surface area contributed by atoms with Gasteiger partial charge in [0.2, 0.25) is 0 Å². The predicted octanol–water partition coefficient (Wildman–Crippen LogP) is 0.543. The van der Waals surface area contributed by atoms with Crippen molar-refractivity contribution in [2.75, 3.05) is 7.05 Å². The first-order chi connectivity index (χ1) is 5.20. The third-order valence-corrected chi connectivity index (χ3v) is 1.76. The van der Waals surface area contributed by atoms with Crippen LogP contribution in [0.1, 0.15) is 0 Å². The largest absolute Gasteiger partial charge is 0.534 e. The summed E-state index contributed by atoms with van der Waals surface area (Å²) in [5.41, 5.74) is -5.42. The van der Waals surface area contributed by atoms with Crippen molar-refractivity contribution in [1.29, 1.82) is 0 Å². The fourth-order valence-electron chi connectivity index (χ4n) is 0.221. The molecule has 0 bridgehead atoms. The molecule has 0 aromatic heterocycles. The first-order valence-electron chi connectivity index (χ1n) is 2.58. The summed E-state index contributed by atoms with van der Waals surface area (Å²) in [6.45, 7) is 2.86. The van der Waals surface area contributed by atoms with E-state index in [2.05, 4.69) is 10.8 Å². The lowest BCUT2D eigenvalue weighted by Gasteiger charge is -2.09. The fraction of sp³-hybridized carbons (Fsp3) is 0.500. The fourth-order valence-corrected chi connectivity index (χ4v) is 0.664. The van der Waals surface area contributed by atoms with Crippen molar-refractivity contribution in [3.05, 3.63) is 12.5 Å². The molecule has 72 valence electrons. The van der Waals surface area contributed by atoms with E-state index in [-0.39, 0.29) is 0 Å². The maximum Gasteiger partial charge on any atom is 0.534 e. The van der Waals surface area contributed by atoms with Gasteiger partial charge in [0.25, 0.3) is 0 Å². The number of rotatable bonds is 3. The van der Waals surface area contributed by atoms with E-state index in [0.29, 0.717) is 0 Å².